The van der Waals surface area contributed by atoms with E-state index in [-0.39, 0.29) is 0 Å². The van der Waals surface area contributed by atoms with Crippen LogP contribution in [0.5, 0.6) is 11.6 Å². The second-order valence-electron chi connectivity index (χ2n) is 2.81. The fourth-order valence-corrected chi connectivity index (χ4v) is 1.55. The lowest BCUT2D eigenvalue weighted by Gasteiger charge is -2.05. The second-order valence-corrected chi connectivity index (χ2v) is 3.98. The lowest BCUT2D eigenvalue weighted by molar-refractivity contribution is 0.458. The highest BCUT2D eigenvalue weighted by Crippen LogP contribution is 2.24. The van der Waals surface area contributed by atoms with E-state index in [1.54, 1.807) is 0 Å². The van der Waals surface area contributed by atoms with E-state index in [0.29, 0.717) is 11.7 Å². The van der Waals surface area contributed by atoms with Gasteiger partial charge in [-0.05, 0) is 34.7 Å². The van der Waals surface area contributed by atoms with Crippen LogP contribution >= 0.6 is 22.6 Å². The molecule has 2 N–H and O–H groups in total. The average molecular weight is 313 g/mol. The third kappa shape index (κ3) is 2.56. The van der Waals surface area contributed by atoms with Crippen molar-refractivity contribution in [1.82, 2.24) is 9.97 Å². The third-order valence-corrected chi connectivity index (χ3v) is 2.57. The molecule has 0 saturated carbocycles. The molecule has 4 nitrogen and oxygen atoms in total. The molecular formula is C10H8IN3O. The zero-order valence-electron chi connectivity index (χ0n) is 7.72. The fourth-order valence-electron chi connectivity index (χ4n) is 1.05. The molecular weight excluding hydrogens is 305 g/mol. The van der Waals surface area contributed by atoms with Gasteiger partial charge < -0.3 is 10.5 Å². The first-order valence-electron chi connectivity index (χ1n) is 4.25. The molecule has 0 saturated heterocycles. The van der Waals surface area contributed by atoms with E-state index in [9.17, 15) is 0 Å². The number of nitrogens with zero attached hydrogens (tertiary/aromatic N) is 2. The van der Waals surface area contributed by atoms with Gasteiger partial charge in [-0.2, -0.15) is 4.98 Å². The summed E-state index contributed by atoms with van der Waals surface area (Å²) in [6.45, 7) is 0. The maximum absolute atomic E-state index is 5.53. The smallest absolute Gasteiger partial charge is 0.239 e. The van der Waals surface area contributed by atoms with Crippen LogP contribution in [0.25, 0.3) is 0 Å². The van der Waals surface area contributed by atoms with E-state index >= 15 is 0 Å². The summed E-state index contributed by atoms with van der Waals surface area (Å²) >= 11 is 2.19. The lowest BCUT2D eigenvalue weighted by atomic mass is 10.3. The number of nitrogens with two attached hydrogens (primary N) is 1. The Hall–Kier alpha value is -1.37. The summed E-state index contributed by atoms with van der Waals surface area (Å²) in [5.74, 6) is 1.50. The quantitative estimate of drug-likeness (QED) is 0.865. The van der Waals surface area contributed by atoms with Crippen molar-refractivity contribution in [3.8, 4) is 11.6 Å². The van der Waals surface area contributed by atoms with E-state index in [4.69, 9.17) is 10.5 Å². The summed E-state index contributed by atoms with van der Waals surface area (Å²) in [7, 11) is 0. The third-order valence-electron chi connectivity index (χ3n) is 1.68. The first kappa shape index (κ1) is 10.2. The van der Waals surface area contributed by atoms with E-state index in [2.05, 4.69) is 32.6 Å². The van der Waals surface area contributed by atoms with Gasteiger partial charge in [0.25, 0.3) is 0 Å². The van der Waals surface area contributed by atoms with Crippen LogP contribution in [0.4, 0.5) is 5.82 Å². The van der Waals surface area contributed by atoms with Crippen molar-refractivity contribution < 1.29 is 4.74 Å². The molecule has 0 fully saturated rings. The largest absolute Gasteiger partial charge is 0.436 e. The highest BCUT2D eigenvalue weighted by Gasteiger charge is 2.02. The van der Waals surface area contributed by atoms with Crippen LogP contribution in [0.3, 0.4) is 0 Å². The number of benzene rings is 1. The zero-order chi connectivity index (χ0) is 10.7. The van der Waals surface area contributed by atoms with Gasteiger partial charge in [-0.15, -0.1) is 0 Å². The number of aromatic nitrogens is 2. The van der Waals surface area contributed by atoms with Gasteiger partial charge >= 0.3 is 0 Å². The maximum Gasteiger partial charge on any atom is 0.239 e. The van der Waals surface area contributed by atoms with Crippen LogP contribution in [0.2, 0.25) is 0 Å². The van der Waals surface area contributed by atoms with Crippen molar-refractivity contribution in [1.29, 1.82) is 0 Å². The first-order chi connectivity index (χ1) is 7.25. The van der Waals surface area contributed by atoms with Crippen molar-refractivity contribution in [2.75, 3.05) is 5.73 Å². The van der Waals surface area contributed by atoms with E-state index in [0.717, 1.165) is 9.32 Å². The summed E-state index contributed by atoms with van der Waals surface area (Å²) < 4.78 is 6.54. The Morgan fingerprint density at radius 2 is 2.00 bits per heavy atom. The maximum atomic E-state index is 5.53. The van der Waals surface area contributed by atoms with Gasteiger partial charge in [-0.25, -0.2) is 0 Å². The first-order valence-corrected chi connectivity index (χ1v) is 5.33. The topological polar surface area (TPSA) is 61.0 Å². The van der Waals surface area contributed by atoms with Gasteiger partial charge in [0.2, 0.25) is 5.88 Å². The highest BCUT2D eigenvalue weighted by atomic mass is 127. The van der Waals surface area contributed by atoms with Gasteiger partial charge in [0, 0.05) is 0 Å². The van der Waals surface area contributed by atoms with Crippen molar-refractivity contribution >= 4 is 28.4 Å². The minimum atomic E-state index is 0.346. The molecule has 0 atom stereocenters. The van der Waals surface area contributed by atoms with Crippen LogP contribution in [0.1, 0.15) is 0 Å². The molecule has 1 heterocycles. The molecule has 0 bridgehead atoms. The normalized spacial score (nSPS) is 9.93. The van der Waals surface area contributed by atoms with Crippen LogP contribution in [0.15, 0.2) is 36.7 Å². The van der Waals surface area contributed by atoms with Crippen LogP contribution in [-0.2, 0) is 0 Å². The molecule has 0 unspecified atom stereocenters. The number of halogens is 1. The summed E-state index contributed by atoms with van der Waals surface area (Å²) in [4.78, 5) is 7.89. The Bertz CT molecular complexity index is 476. The van der Waals surface area contributed by atoms with Crippen molar-refractivity contribution in [3.63, 3.8) is 0 Å². The molecule has 0 aliphatic carbocycles. The molecule has 0 radical (unpaired) electrons. The predicted octanol–water partition coefficient (Wildman–Crippen LogP) is 2.46. The minimum absolute atomic E-state index is 0.346. The number of hydrogen-bond acceptors (Lipinski definition) is 4. The molecule has 0 aliphatic rings. The average Bonchev–Trinajstić information content (AvgIpc) is 2.22. The van der Waals surface area contributed by atoms with Crippen molar-refractivity contribution in [2.24, 2.45) is 0 Å². The Balaban J connectivity index is 2.26. The molecule has 76 valence electrons. The molecule has 2 aromatic rings. The standard InChI is InChI=1S/C10H8IN3O/c11-7-3-1-2-4-8(7)15-10-6-13-5-9(12)14-10/h1-6H,(H2,12,14). The van der Waals surface area contributed by atoms with Crippen molar-refractivity contribution in [3.05, 3.63) is 40.2 Å². The Kier molecular flexibility index (Phi) is 3.00. The molecule has 1 aromatic carbocycles. The van der Waals surface area contributed by atoms with Crippen LogP contribution in [0, 0.1) is 3.57 Å². The Morgan fingerprint density at radius 1 is 1.20 bits per heavy atom. The van der Waals surface area contributed by atoms with E-state index in [1.165, 1.54) is 12.4 Å². The van der Waals surface area contributed by atoms with Gasteiger partial charge in [-0.1, -0.05) is 12.1 Å². The molecule has 0 aliphatic heterocycles. The highest BCUT2D eigenvalue weighted by molar-refractivity contribution is 14.1. The molecule has 15 heavy (non-hydrogen) atoms. The van der Waals surface area contributed by atoms with Gasteiger partial charge in [-0.3, -0.25) is 4.98 Å². The zero-order valence-corrected chi connectivity index (χ0v) is 9.88. The Morgan fingerprint density at radius 3 is 2.73 bits per heavy atom. The van der Waals surface area contributed by atoms with Gasteiger partial charge in [0.15, 0.2) is 0 Å². The molecule has 5 heteroatoms. The molecule has 2 rings (SSSR count). The SMILES string of the molecule is Nc1cncc(Oc2ccccc2I)n1. The number of rotatable bonds is 2. The van der Waals surface area contributed by atoms with Crippen LogP contribution in [-0.4, -0.2) is 9.97 Å². The minimum Gasteiger partial charge on any atom is -0.436 e. The molecule has 1 aromatic heterocycles. The molecule has 0 amide bonds. The number of nitrogen functional groups attached to an aromatic ring is 1. The van der Waals surface area contributed by atoms with Crippen LogP contribution < -0.4 is 10.5 Å². The van der Waals surface area contributed by atoms with E-state index in [1.807, 2.05) is 24.3 Å². The van der Waals surface area contributed by atoms with Gasteiger partial charge in [0.05, 0.1) is 16.0 Å². The monoisotopic (exact) mass is 313 g/mol. The summed E-state index contributed by atoms with van der Waals surface area (Å²) in [6, 6.07) is 7.67. The van der Waals surface area contributed by atoms with Gasteiger partial charge in [0.1, 0.15) is 11.6 Å². The van der Waals surface area contributed by atoms with Crippen molar-refractivity contribution in [2.45, 2.75) is 0 Å². The lowest BCUT2D eigenvalue weighted by Crippen LogP contribution is -1.95. The number of hydrogen-bond donors (Lipinski definition) is 1. The Labute approximate surface area is 101 Å². The predicted molar refractivity (Wildman–Crippen MR) is 65.7 cm³/mol. The number of anilines is 1. The van der Waals surface area contributed by atoms with E-state index < -0.39 is 0 Å². The summed E-state index contributed by atoms with van der Waals surface area (Å²) in [6.07, 6.45) is 3.00. The fraction of sp³-hybridized carbons (Fsp3) is 0. The second kappa shape index (κ2) is 4.43. The summed E-state index contributed by atoms with van der Waals surface area (Å²) in [5.41, 5.74) is 5.49. The number of ether oxygens (including phenoxy) is 1. The summed E-state index contributed by atoms with van der Waals surface area (Å²) in [5, 5.41) is 0. The number of para-hydroxylation sites is 1. The molecule has 0 spiro atoms.